The third-order valence-electron chi connectivity index (χ3n) is 3.72. The summed E-state index contributed by atoms with van der Waals surface area (Å²) in [6.07, 6.45) is 2.74. The van der Waals surface area contributed by atoms with Crippen molar-refractivity contribution in [1.29, 1.82) is 5.26 Å². The summed E-state index contributed by atoms with van der Waals surface area (Å²) in [5.74, 6) is -0.124. The van der Waals surface area contributed by atoms with E-state index in [1.54, 1.807) is 12.1 Å². The van der Waals surface area contributed by atoms with Gasteiger partial charge in [-0.1, -0.05) is 0 Å². The van der Waals surface area contributed by atoms with E-state index in [-0.39, 0.29) is 0 Å². The monoisotopic (exact) mass is 311 g/mol. The highest BCUT2D eigenvalue weighted by Gasteiger charge is 2.24. The molecule has 0 unspecified atom stereocenters. The molecule has 0 aliphatic carbocycles. The highest BCUT2D eigenvalue weighted by molar-refractivity contribution is 7.88. The molecule has 1 aromatic rings. The molecule has 0 amide bonds. The van der Waals surface area contributed by atoms with Crippen LogP contribution in [0.2, 0.25) is 0 Å². The van der Waals surface area contributed by atoms with E-state index in [2.05, 4.69) is 5.32 Å². The fraction of sp³-hybridized carbons (Fsp3) is 0.500. The summed E-state index contributed by atoms with van der Waals surface area (Å²) in [4.78, 5) is 0. The summed E-state index contributed by atoms with van der Waals surface area (Å²) < 4.78 is 38.0. The van der Waals surface area contributed by atoms with Crippen molar-refractivity contribution in [2.45, 2.75) is 12.8 Å². The minimum Gasteiger partial charge on any atom is -0.382 e. The molecule has 2 rings (SSSR count). The van der Waals surface area contributed by atoms with Gasteiger partial charge in [0.05, 0.1) is 23.6 Å². The van der Waals surface area contributed by atoms with Crippen LogP contribution in [-0.2, 0) is 10.0 Å². The van der Waals surface area contributed by atoms with Gasteiger partial charge in [-0.15, -0.1) is 0 Å². The zero-order valence-electron chi connectivity index (χ0n) is 11.8. The maximum absolute atomic E-state index is 13.7. The fourth-order valence-corrected chi connectivity index (χ4v) is 3.30. The van der Waals surface area contributed by atoms with Gasteiger partial charge in [0.1, 0.15) is 5.82 Å². The lowest BCUT2D eigenvalue weighted by atomic mass is 9.98. The quantitative estimate of drug-likeness (QED) is 0.920. The average molecular weight is 311 g/mol. The van der Waals surface area contributed by atoms with Crippen molar-refractivity contribution in [3.63, 3.8) is 0 Å². The number of halogens is 1. The molecular weight excluding hydrogens is 293 g/mol. The van der Waals surface area contributed by atoms with Gasteiger partial charge in [-0.25, -0.2) is 17.1 Å². The lowest BCUT2D eigenvalue weighted by Gasteiger charge is -2.30. The Kier molecular flexibility index (Phi) is 4.80. The molecule has 0 spiro atoms. The molecule has 114 valence electrons. The van der Waals surface area contributed by atoms with E-state index in [0.717, 1.165) is 12.8 Å². The third-order valence-corrected chi connectivity index (χ3v) is 5.03. The molecule has 1 heterocycles. The normalized spacial score (nSPS) is 17.4. The van der Waals surface area contributed by atoms with Crippen LogP contribution in [0.1, 0.15) is 18.4 Å². The van der Waals surface area contributed by atoms with E-state index in [1.807, 2.05) is 6.07 Å². The van der Waals surface area contributed by atoms with Crippen molar-refractivity contribution in [1.82, 2.24) is 4.31 Å². The Bertz CT molecular complexity index is 647. The Hall–Kier alpha value is -1.65. The molecule has 0 atom stereocenters. The van der Waals surface area contributed by atoms with Crippen molar-refractivity contribution in [2.75, 3.05) is 31.2 Å². The Balaban J connectivity index is 1.87. The highest BCUT2D eigenvalue weighted by atomic mass is 32.2. The van der Waals surface area contributed by atoms with Gasteiger partial charge < -0.3 is 5.32 Å². The predicted octanol–water partition coefficient (Wildman–Crippen LogP) is 1.78. The Labute approximate surface area is 124 Å². The number of hydrogen-bond acceptors (Lipinski definition) is 4. The second-order valence-corrected chi connectivity index (χ2v) is 7.28. The number of nitrogens with zero attached hydrogens (tertiary/aromatic N) is 2. The molecule has 1 aliphatic rings. The topological polar surface area (TPSA) is 73.2 Å². The highest BCUT2D eigenvalue weighted by Crippen LogP contribution is 2.21. The molecule has 1 fully saturated rings. The number of hydrogen-bond donors (Lipinski definition) is 1. The molecule has 5 nitrogen and oxygen atoms in total. The number of piperidine rings is 1. The first kappa shape index (κ1) is 15.7. The van der Waals surface area contributed by atoms with E-state index in [0.29, 0.717) is 36.8 Å². The van der Waals surface area contributed by atoms with E-state index < -0.39 is 15.8 Å². The van der Waals surface area contributed by atoms with Gasteiger partial charge in [0.2, 0.25) is 10.0 Å². The lowest BCUT2D eigenvalue weighted by molar-refractivity contribution is 0.283. The van der Waals surface area contributed by atoms with Crippen LogP contribution in [0.15, 0.2) is 18.2 Å². The van der Waals surface area contributed by atoms with Crippen molar-refractivity contribution in [3.8, 4) is 6.07 Å². The number of rotatable bonds is 4. The van der Waals surface area contributed by atoms with Crippen molar-refractivity contribution in [3.05, 3.63) is 29.6 Å². The Morgan fingerprint density at radius 3 is 2.62 bits per heavy atom. The minimum absolute atomic E-state index is 0.291. The van der Waals surface area contributed by atoms with E-state index in [1.165, 1.54) is 16.6 Å². The average Bonchev–Trinajstić information content (AvgIpc) is 2.45. The minimum atomic E-state index is -3.11. The molecule has 0 bridgehead atoms. The second kappa shape index (κ2) is 6.41. The molecular formula is C14H18FN3O2S. The van der Waals surface area contributed by atoms with E-state index in [9.17, 15) is 12.8 Å². The van der Waals surface area contributed by atoms with Crippen molar-refractivity contribution >= 4 is 15.7 Å². The maximum Gasteiger partial charge on any atom is 0.211 e. The fourth-order valence-electron chi connectivity index (χ4n) is 2.43. The van der Waals surface area contributed by atoms with Crippen LogP contribution in [0.5, 0.6) is 0 Å². The van der Waals surface area contributed by atoms with Gasteiger partial charge in [0, 0.05) is 19.6 Å². The van der Waals surface area contributed by atoms with Crippen LogP contribution in [0.4, 0.5) is 10.1 Å². The lowest BCUT2D eigenvalue weighted by Crippen LogP contribution is -2.39. The molecule has 1 aromatic carbocycles. The van der Waals surface area contributed by atoms with E-state index in [4.69, 9.17) is 5.26 Å². The smallest absolute Gasteiger partial charge is 0.211 e. The first-order valence-electron chi connectivity index (χ1n) is 6.79. The summed E-state index contributed by atoms with van der Waals surface area (Å²) in [6.45, 7) is 1.63. The SMILES string of the molecule is CS(=O)(=O)N1CCC(CNc2ccc(C#N)cc2F)CC1. The van der Waals surface area contributed by atoms with Crippen LogP contribution < -0.4 is 5.32 Å². The Morgan fingerprint density at radius 1 is 1.43 bits per heavy atom. The van der Waals surface area contributed by atoms with Crippen LogP contribution in [-0.4, -0.2) is 38.6 Å². The number of benzene rings is 1. The zero-order chi connectivity index (χ0) is 15.5. The van der Waals surface area contributed by atoms with Gasteiger partial charge in [-0.2, -0.15) is 5.26 Å². The molecule has 21 heavy (non-hydrogen) atoms. The number of nitriles is 1. The molecule has 0 radical (unpaired) electrons. The molecule has 1 N–H and O–H groups in total. The van der Waals surface area contributed by atoms with Crippen LogP contribution >= 0.6 is 0 Å². The van der Waals surface area contributed by atoms with Crippen molar-refractivity contribution in [2.24, 2.45) is 5.92 Å². The van der Waals surface area contributed by atoms with Gasteiger partial charge in [-0.3, -0.25) is 0 Å². The van der Waals surface area contributed by atoms with Crippen molar-refractivity contribution < 1.29 is 12.8 Å². The van der Waals surface area contributed by atoms with Gasteiger partial charge in [0.25, 0.3) is 0 Å². The largest absolute Gasteiger partial charge is 0.382 e. The Morgan fingerprint density at radius 2 is 2.10 bits per heavy atom. The molecule has 1 aliphatic heterocycles. The van der Waals surface area contributed by atoms with Crippen LogP contribution in [0, 0.1) is 23.1 Å². The molecule has 0 aromatic heterocycles. The summed E-state index contributed by atoms with van der Waals surface area (Å²) in [5.41, 5.74) is 0.666. The number of sulfonamides is 1. The summed E-state index contributed by atoms with van der Waals surface area (Å²) in [5, 5.41) is 11.7. The molecule has 0 saturated carbocycles. The van der Waals surface area contributed by atoms with Crippen LogP contribution in [0.3, 0.4) is 0 Å². The summed E-state index contributed by atoms with van der Waals surface area (Å²) >= 11 is 0. The molecule has 7 heteroatoms. The first-order valence-corrected chi connectivity index (χ1v) is 8.63. The zero-order valence-corrected chi connectivity index (χ0v) is 12.7. The molecule has 1 saturated heterocycles. The van der Waals surface area contributed by atoms with Gasteiger partial charge in [-0.05, 0) is 37.0 Å². The maximum atomic E-state index is 13.7. The predicted molar refractivity (Wildman–Crippen MR) is 78.7 cm³/mol. The standard InChI is InChI=1S/C14H18FN3O2S/c1-21(19,20)18-6-4-11(5-7-18)10-17-14-3-2-12(9-16)8-13(14)15/h2-3,8,11,17H,4-7,10H2,1H3. The number of nitrogens with one attached hydrogen (secondary N) is 1. The third kappa shape index (κ3) is 4.16. The summed E-state index contributed by atoms with van der Waals surface area (Å²) in [6, 6.07) is 6.21. The van der Waals surface area contributed by atoms with Gasteiger partial charge >= 0.3 is 0 Å². The van der Waals surface area contributed by atoms with Gasteiger partial charge in [0.15, 0.2) is 0 Å². The number of anilines is 1. The second-order valence-electron chi connectivity index (χ2n) is 5.29. The summed E-state index contributed by atoms with van der Waals surface area (Å²) in [7, 11) is -3.11. The van der Waals surface area contributed by atoms with Crippen LogP contribution in [0.25, 0.3) is 0 Å². The van der Waals surface area contributed by atoms with E-state index >= 15 is 0 Å². The first-order chi connectivity index (χ1) is 9.90.